The van der Waals surface area contributed by atoms with Crippen LogP contribution in [0.4, 0.5) is 0 Å². The van der Waals surface area contributed by atoms with E-state index in [-0.39, 0.29) is 11.3 Å². The van der Waals surface area contributed by atoms with Crippen molar-refractivity contribution >= 4 is 5.91 Å². The second-order valence-electron chi connectivity index (χ2n) is 6.87. The first kappa shape index (κ1) is 16.0. The lowest BCUT2D eigenvalue weighted by Crippen LogP contribution is -2.44. The van der Waals surface area contributed by atoms with E-state index < -0.39 is 0 Å². The summed E-state index contributed by atoms with van der Waals surface area (Å²) in [5, 5.41) is 0. The van der Waals surface area contributed by atoms with Gasteiger partial charge in [-0.15, -0.1) is 0 Å². The first-order valence-corrected chi connectivity index (χ1v) is 7.64. The maximum Gasteiger partial charge on any atom is 0.237 e. The van der Waals surface area contributed by atoms with Crippen LogP contribution < -0.4 is 5.73 Å². The number of benzene rings is 1. The summed E-state index contributed by atoms with van der Waals surface area (Å²) < 4.78 is 0. The minimum Gasteiger partial charge on any atom is -0.337 e. The summed E-state index contributed by atoms with van der Waals surface area (Å²) in [6, 6.07) is 8.39. The lowest BCUT2D eigenvalue weighted by atomic mass is 9.93. The van der Waals surface area contributed by atoms with Gasteiger partial charge in [-0.25, -0.2) is 0 Å². The molecule has 0 aromatic heterocycles. The van der Waals surface area contributed by atoms with Crippen molar-refractivity contribution in [3.05, 3.63) is 35.4 Å². The largest absolute Gasteiger partial charge is 0.337 e. The third kappa shape index (κ3) is 4.29. The summed E-state index contributed by atoms with van der Waals surface area (Å²) in [4.78, 5) is 16.5. The molecule has 0 atom stereocenters. The lowest BCUT2D eigenvalue weighted by Gasteiger charge is -2.32. The maximum absolute atomic E-state index is 12.4. The van der Waals surface area contributed by atoms with Crippen molar-refractivity contribution in [2.75, 3.05) is 33.2 Å². The molecule has 1 aromatic rings. The van der Waals surface area contributed by atoms with Gasteiger partial charge in [0.15, 0.2) is 0 Å². The SMILES string of the molecule is CN(CC(=O)N1CCc2ccccc2C1)CC(C)(C)CN. The highest BCUT2D eigenvalue weighted by Gasteiger charge is 2.23. The molecule has 2 N–H and O–H groups in total. The fourth-order valence-corrected chi connectivity index (χ4v) is 2.89. The van der Waals surface area contributed by atoms with Crippen LogP contribution >= 0.6 is 0 Å². The molecule has 2 rings (SSSR count). The first-order chi connectivity index (χ1) is 9.91. The van der Waals surface area contributed by atoms with Crippen LogP contribution in [0.15, 0.2) is 24.3 Å². The number of likely N-dealkylation sites (N-methyl/N-ethyl adjacent to an activating group) is 1. The van der Waals surface area contributed by atoms with Gasteiger partial charge in [-0.2, -0.15) is 0 Å². The molecule has 1 aliphatic heterocycles. The number of hydrogen-bond acceptors (Lipinski definition) is 3. The van der Waals surface area contributed by atoms with Crippen LogP contribution in [-0.2, 0) is 17.8 Å². The van der Waals surface area contributed by atoms with Gasteiger partial charge in [0.1, 0.15) is 0 Å². The second kappa shape index (κ2) is 6.58. The molecule has 1 heterocycles. The van der Waals surface area contributed by atoms with Crippen LogP contribution in [0.1, 0.15) is 25.0 Å². The van der Waals surface area contributed by atoms with Crippen LogP contribution in [0, 0.1) is 5.41 Å². The molecule has 0 bridgehead atoms. The van der Waals surface area contributed by atoms with E-state index in [1.54, 1.807) is 0 Å². The third-order valence-corrected chi connectivity index (χ3v) is 4.14. The summed E-state index contributed by atoms with van der Waals surface area (Å²) in [7, 11) is 1.99. The number of nitrogens with zero attached hydrogens (tertiary/aromatic N) is 2. The van der Waals surface area contributed by atoms with E-state index in [0.717, 1.165) is 26.1 Å². The van der Waals surface area contributed by atoms with Gasteiger partial charge >= 0.3 is 0 Å². The smallest absolute Gasteiger partial charge is 0.237 e. The second-order valence-corrected chi connectivity index (χ2v) is 6.87. The van der Waals surface area contributed by atoms with Crippen molar-refractivity contribution in [2.45, 2.75) is 26.8 Å². The zero-order valence-electron chi connectivity index (χ0n) is 13.4. The molecule has 4 heteroatoms. The van der Waals surface area contributed by atoms with E-state index in [1.807, 2.05) is 18.0 Å². The number of hydrogen-bond donors (Lipinski definition) is 1. The van der Waals surface area contributed by atoms with Crippen LogP contribution in [0.3, 0.4) is 0 Å². The van der Waals surface area contributed by atoms with E-state index in [4.69, 9.17) is 5.73 Å². The Bertz CT molecular complexity index is 499. The van der Waals surface area contributed by atoms with Crippen molar-refractivity contribution in [3.63, 3.8) is 0 Å². The van der Waals surface area contributed by atoms with Gasteiger partial charge in [-0.1, -0.05) is 38.1 Å². The van der Waals surface area contributed by atoms with Gasteiger partial charge in [0.25, 0.3) is 0 Å². The number of amides is 1. The number of carbonyl (C=O) groups is 1. The summed E-state index contributed by atoms with van der Waals surface area (Å²) in [6.07, 6.45) is 0.958. The first-order valence-electron chi connectivity index (χ1n) is 7.64. The molecule has 21 heavy (non-hydrogen) atoms. The van der Waals surface area contributed by atoms with E-state index in [1.165, 1.54) is 11.1 Å². The predicted molar refractivity (Wildman–Crippen MR) is 85.9 cm³/mol. The van der Waals surface area contributed by atoms with Gasteiger partial charge in [-0.05, 0) is 36.6 Å². The Morgan fingerprint density at radius 2 is 2.00 bits per heavy atom. The van der Waals surface area contributed by atoms with Gasteiger partial charge in [0.05, 0.1) is 6.54 Å². The molecule has 1 amide bonds. The molecule has 1 aromatic carbocycles. The molecule has 0 saturated heterocycles. The van der Waals surface area contributed by atoms with E-state index >= 15 is 0 Å². The van der Waals surface area contributed by atoms with Crippen molar-refractivity contribution in [1.29, 1.82) is 0 Å². The standard InChI is InChI=1S/C17H27N3O/c1-17(2,12-18)13-19(3)11-16(21)20-9-8-14-6-4-5-7-15(14)10-20/h4-7H,8-13,18H2,1-3H3. The predicted octanol–water partition coefficient (Wildman–Crippen LogP) is 1.49. The molecular weight excluding hydrogens is 262 g/mol. The lowest BCUT2D eigenvalue weighted by molar-refractivity contribution is -0.133. The quantitative estimate of drug-likeness (QED) is 0.893. The van der Waals surface area contributed by atoms with E-state index in [9.17, 15) is 4.79 Å². The average Bonchev–Trinajstić information content (AvgIpc) is 2.46. The van der Waals surface area contributed by atoms with Crippen molar-refractivity contribution in [2.24, 2.45) is 11.1 Å². The molecular formula is C17H27N3O. The number of rotatable bonds is 5. The van der Waals surface area contributed by atoms with Crippen molar-refractivity contribution in [1.82, 2.24) is 9.80 Å². The van der Waals surface area contributed by atoms with Crippen LogP contribution in [0.5, 0.6) is 0 Å². The Morgan fingerprint density at radius 1 is 1.33 bits per heavy atom. The molecule has 0 fully saturated rings. The van der Waals surface area contributed by atoms with Gasteiger partial charge < -0.3 is 10.6 Å². The molecule has 0 aliphatic carbocycles. The zero-order valence-corrected chi connectivity index (χ0v) is 13.4. The van der Waals surface area contributed by atoms with Crippen molar-refractivity contribution < 1.29 is 4.79 Å². The Morgan fingerprint density at radius 3 is 2.67 bits per heavy atom. The minimum atomic E-state index is 0.0452. The Hall–Kier alpha value is -1.39. The van der Waals surface area contributed by atoms with Gasteiger partial charge in [-0.3, -0.25) is 9.69 Å². The van der Waals surface area contributed by atoms with Crippen LogP contribution in [0.25, 0.3) is 0 Å². The molecule has 1 aliphatic rings. The number of fused-ring (bicyclic) bond motifs is 1. The van der Waals surface area contributed by atoms with Crippen molar-refractivity contribution in [3.8, 4) is 0 Å². The number of carbonyl (C=O) groups excluding carboxylic acids is 1. The minimum absolute atomic E-state index is 0.0452. The zero-order chi connectivity index (χ0) is 15.5. The topological polar surface area (TPSA) is 49.6 Å². The van der Waals surface area contributed by atoms with Crippen LogP contribution in [-0.4, -0.2) is 48.9 Å². The molecule has 0 spiro atoms. The Labute approximate surface area is 127 Å². The summed E-state index contributed by atoms with van der Waals surface area (Å²) in [6.45, 7) is 7.75. The maximum atomic E-state index is 12.4. The van der Waals surface area contributed by atoms with E-state index in [0.29, 0.717) is 13.1 Å². The fraction of sp³-hybridized carbons (Fsp3) is 0.588. The Kier molecular flexibility index (Phi) is 5.01. The Balaban J connectivity index is 1.90. The molecule has 0 saturated carbocycles. The summed E-state index contributed by atoms with van der Waals surface area (Å²) in [5.41, 5.74) is 8.46. The highest BCUT2D eigenvalue weighted by atomic mass is 16.2. The summed E-state index contributed by atoms with van der Waals surface area (Å²) in [5.74, 6) is 0.208. The molecule has 0 unspecified atom stereocenters. The fourth-order valence-electron chi connectivity index (χ4n) is 2.89. The normalized spacial score (nSPS) is 15.2. The molecule has 0 radical (unpaired) electrons. The average molecular weight is 289 g/mol. The van der Waals surface area contributed by atoms with Gasteiger partial charge in [0.2, 0.25) is 5.91 Å². The highest BCUT2D eigenvalue weighted by Crippen LogP contribution is 2.19. The third-order valence-electron chi connectivity index (χ3n) is 4.14. The number of nitrogens with two attached hydrogens (primary N) is 1. The monoisotopic (exact) mass is 289 g/mol. The molecule has 4 nitrogen and oxygen atoms in total. The molecule has 116 valence electrons. The van der Waals surface area contributed by atoms with Gasteiger partial charge in [0, 0.05) is 19.6 Å². The highest BCUT2D eigenvalue weighted by molar-refractivity contribution is 5.78. The van der Waals surface area contributed by atoms with E-state index in [2.05, 4.69) is 36.9 Å². The van der Waals surface area contributed by atoms with Crippen LogP contribution in [0.2, 0.25) is 0 Å². The summed E-state index contributed by atoms with van der Waals surface area (Å²) >= 11 is 0.